The van der Waals surface area contributed by atoms with Gasteiger partial charge >= 0.3 is 0 Å². The fourth-order valence-electron chi connectivity index (χ4n) is 3.09. The molecule has 2 fully saturated rings. The minimum Gasteiger partial charge on any atom is -0.311 e. The Kier molecular flexibility index (Phi) is 2.85. The van der Waals surface area contributed by atoms with Crippen LogP contribution in [-0.2, 0) is 0 Å². The second-order valence-electron chi connectivity index (χ2n) is 5.78. The second-order valence-corrected chi connectivity index (χ2v) is 5.78. The maximum absolute atomic E-state index is 3.68. The molecule has 82 valence electrons. The average Bonchev–Trinajstić information content (AvgIpc) is 2.15. The predicted molar refractivity (Wildman–Crippen MR) is 60.5 cm³/mol. The molecule has 2 nitrogen and oxygen atoms in total. The molecule has 1 heterocycles. The van der Waals surface area contributed by atoms with Crippen LogP contribution in [-0.4, -0.2) is 35.6 Å². The van der Waals surface area contributed by atoms with Crippen molar-refractivity contribution in [3.63, 3.8) is 0 Å². The largest absolute Gasteiger partial charge is 0.311 e. The van der Waals surface area contributed by atoms with Crippen molar-refractivity contribution >= 4 is 0 Å². The van der Waals surface area contributed by atoms with Crippen LogP contribution in [0.3, 0.4) is 0 Å². The SMILES string of the molecule is CC(C)(C)N1CCNC2CCCCC21. The average molecular weight is 196 g/mol. The summed E-state index contributed by atoms with van der Waals surface area (Å²) < 4.78 is 0. The lowest BCUT2D eigenvalue weighted by Gasteiger charge is -2.50. The molecule has 1 aliphatic carbocycles. The third kappa shape index (κ3) is 1.96. The van der Waals surface area contributed by atoms with Crippen molar-refractivity contribution in [1.29, 1.82) is 0 Å². The Labute approximate surface area is 88.1 Å². The Hall–Kier alpha value is -0.0800. The van der Waals surface area contributed by atoms with Gasteiger partial charge in [-0.3, -0.25) is 4.90 Å². The van der Waals surface area contributed by atoms with Gasteiger partial charge in [-0.05, 0) is 33.6 Å². The summed E-state index contributed by atoms with van der Waals surface area (Å²) in [6.45, 7) is 9.46. The molecule has 1 saturated carbocycles. The first-order chi connectivity index (χ1) is 6.59. The summed E-state index contributed by atoms with van der Waals surface area (Å²) >= 11 is 0. The van der Waals surface area contributed by atoms with E-state index in [-0.39, 0.29) is 0 Å². The van der Waals surface area contributed by atoms with Crippen LogP contribution in [0.4, 0.5) is 0 Å². The molecular weight excluding hydrogens is 172 g/mol. The second kappa shape index (κ2) is 3.82. The Bertz CT molecular complexity index is 193. The zero-order chi connectivity index (χ0) is 10.2. The predicted octanol–water partition coefficient (Wildman–Crippen LogP) is 2.00. The molecule has 2 rings (SSSR count). The maximum Gasteiger partial charge on any atom is 0.0255 e. The summed E-state index contributed by atoms with van der Waals surface area (Å²) in [6.07, 6.45) is 5.63. The number of hydrogen-bond donors (Lipinski definition) is 1. The number of nitrogens with zero attached hydrogens (tertiary/aromatic N) is 1. The maximum atomic E-state index is 3.68. The lowest BCUT2D eigenvalue weighted by atomic mass is 9.85. The van der Waals surface area contributed by atoms with E-state index in [1.807, 2.05) is 0 Å². The minimum atomic E-state index is 0.350. The summed E-state index contributed by atoms with van der Waals surface area (Å²) in [5.41, 5.74) is 0.350. The molecule has 0 aromatic heterocycles. The van der Waals surface area contributed by atoms with Crippen molar-refractivity contribution in [3.8, 4) is 0 Å². The number of fused-ring (bicyclic) bond motifs is 1. The summed E-state index contributed by atoms with van der Waals surface area (Å²) in [5.74, 6) is 0. The molecule has 0 radical (unpaired) electrons. The van der Waals surface area contributed by atoms with Crippen LogP contribution in [0.1, 0.15) is 46.5 Å². The Morgan fingerprint density at radius 2 is 1.86 bits per heavy atom. The molecule has 2 aliphatic rings. The van der Waals surface area contributed by atoms with E-state index < -0.39 is 0 Å². The van der Waals surface area contributed by atoms with Crippen LogP contribution < -0.4 is 5.32 Å². The molecule has 0 bridgehead atoms. The van der Waals surface area contributed by atoms with E-state index in [1.54, 1.807) is 0 Å². The molecule has 2 unspecified atom stereocenters. The van der Waals surface area contributed by atoms with Crippen LogP contribution in [0.2, 0.25) is 0 Å². The molecule has 2 heteroatoms. The quantitative estimate of drug-likeness (QED) is 0.637. The van der Waals surface area contributed by atoms with Gasteiger partial charge in [0, 0.05) is 30.7 Å². The zero-order valence-corrected chi connectivity index (χ0v) is 9.84. The van der Waals surface area contributed by atoms with Gasteiger partial charge in [-0.15, -0.1) is 0 Å². The summed E-state index contributed by atoms with van der Waals surface area (Å²) in [5, 5.41) is 3.68. The topological polar surface area (TPSA) is 15.3 Å². The third-order valence-corrected chi connectivity index (χ3v) is 3.75. The van der Waals surface area contributed by atoms with Crippen LogP contribution in [0.15, 0.2) is 0 Å². The number of piperazine rings is 1. The first-order valence-electron chi connectivity index (χ1n) is 6.09. The highest BCUT2D eigenvalue weighted by molar-refractivity contribution is 4.96. The fourth-order valence-corrected chi connectivity index (χ4v) is 3.09. The number of hydrogen-bond acceptors (Lipinski definition) is 2. The van der Waals surface area contributed by atoms with E-state index in [2.05, 4.69) is 31.0 Å². The highest BCUT2D eigenvalue weighted by atomic mass is 15.3. The van der Waals surface area contributed by atoms with Gasteiger partial charge in [0.25, 0.3) is 0 Å². The molecule has 0 spiro atoms. The standard InChI is InChI=1S/C12H24N2/c1-12(2,3)14-9-8-13-10-6-4-5-7-11(10)14/h10-11,13H,4-9H2,1-3H3. The van der Waals surface area contributed by atoms with Crippen LogP contribution in [0, 0.1) is 0 Å². The van der Waals surface area contributed by atoms with E-state index in [0.717, 1.165) is 12.1 Å². The number of nitrogens with one attached hydrogen (secondary N) is 1. The summed E-state index contributed by atoms with van der Waals surface area (Å²) in [4.78, 5) is 2.72. The molecular formula is C12H24N2. The zero-order valence-electron chi connectivity index (χ0n) is 9.84. The Morgan fingerprint density at radius 1 is 1.14 bits per heavy atom. The van der Waals surface area contributed by atoms with Crippen LogP contribution in [0.5, 0.6) is 0 Å². The van der Waals surface area contributed by atoms with Gasteiger partial charge in [0.15, 0.2) is 0 Å². The van der Waals surface area contributed by atoms with Gasteiger partial charge in [-0.2, -0.15) is 0 Å². The summed E-state index contributed by atoms with van der Waals surface area (Å²) in [7, 11) is 0. The van der Waals surface area contributed by atoms with E-state index in [0.29, 0.717) is 5.54 Å². The van der Waals surface area contributed by atoms with E-state index >= 15 is 0 Å². The molecule has 0 aromatic carbocycles. The highest BCUT2D eigenvalue weighted by Gasteiger charge is 2.37. The third-order valence-electron chi connectivity index (χ3n) is 3.75. The van der Waals surface area contributed by atoms with E-state index in [4.69, 9.17) is 0 Å². The van der Waals surface area contributed by atoms with Crippen molar-refractivity contribution in [1.82, 2.24) is 10.2 Å². The molecule has 0 amide bonds. The van der Waals surface area contributed by atoms with Crippen molar-refractivity contribution in [3.05, 3.63) is 0 Å². The van der Waals surface area contributed by atoms with Gasteiger partial charge in [-0.1, -0.05) is 12.8 Å². The molecule has 1 saturated heterocycles. The molecule has 14 heavy (non-hydrogen) atoms. The molecule has 1 aliphatic heterocycles. The lowest BCUT2D eigenvalue weighted by molar-refractivity contribution is 0.0158. The minimum absolute atomic E-state index is 0.350. The van der Waals surface area contributed by atoms with Gasteiger partial charge in [0.2, 0.25) is 0 Å². The Balaban J connectivity index is 2.09. The van der Waals surface area contributed by atoms with Crippen molar-refractivity contribution in [2.45, 2.75) is 64.1 Å². The van der Waals surface area contributed by atoms with E-state index in [9.17, 15) is 0 Å². The lowest BCUT2D eigenvalue weighted by Crippen LogP contribution is -2.63. The van der Waals surface area contributed by atoms with Gasteiger partial charge in [-0.25, -0.2) is 0 Å². The van der Waals surface area contributed by atoms with Gasteiger partial charge in [0.1, 0.15) is 0 Å². The van der Waals surface area contributed by atoms with Crippen molar-refractivity contribution < 1.29 is 0 Å². The van der Waals surface area contributed by atoms with Gasteiger partial charge in [0.05, 0.1) is 0 Å². The monoisotopic (exact) mass is 196 g/mol. The Morgan fingerprint density at radius 3 is 2.57 bits per heavy atom. The summed E-state index contributed by atoms with van der Waals surface area (Å²) in [6, 6.07) is 1.58. The normalized spacial score (nSPS) is 35.4. The fraction of sp³-hybridized carbons (Fsp3) is 1.00. The van der Waals surface area contributed by atoms with Gasteiger partial charge < -0.3 is 5.32 Å². The van der Waals surface area contributed by atoms with Crippen LogP contribution in [0.25, 0.3) is 0 Å². The number of rotatable bonds is 0. The van der Waals surface area contributed by atoms with E-state index in [1.165, 1.54) is 38.8 Å². The smallest absolute Gasteiger partial charge is 0.0255 e. The molecule has 2 atom stereocenters. The molecule has 1 N–H and O–H groups in total. The highest BCUT2D eigenvalue weighted by Crippen LogP contribution is 2.30. The van der Waals surface area contributed by atoms with Crippen molar-refractivity contribution in [2.24, 2.45) is 0 Å². The first-order valence-corrected chi connectivity index (χ1v) is 6.09. The van der Waals surface area contributed by atoms with Crippen molar-refractivity contribution in [2.75, 3.05) is 13.1 Å². The van der Waals surface area contributed by atoms with Crippen LogP contribution >= 0.6 is 0 Å². The first kappa shape index (κ1) is 10.4. The molecule has 0 aromatic rings.